The Morgan fingerprint density at radius 3 is 2.67 bits per heavy atom. The Morgan fingerprint density at radius 2 is 2.07 bits per heavy atom. The molecular weight excluding hydrogens is 378 g/mol. The van der Waals surface area contributed by atoms with Crippen LogP contribution >= 0.6 is 23.1 Å². The molecule has 0 fully saturated rings. The highest BCUT2D eigenvalue weighted by molar-refractivity contribution is 8.00. The van der Waals surface area contributed by atoms with Crippen molar-refractivity contribution >= 4 is 29.0 Å². The summed E-state index contributed by atoms with van der Waals surface area (Å²) in [6, 6.07) is 11.5. The van der Waals surface area contributed by atoms with E-state index >= 15 is 0 Å². The lowest BCUT2D eigenvalue weighted by atomic mass is 10.1. The molecule has 0 aliphatic heterocycles. The Morgan fingerprint density at radius 1 is 1.30 bits per heavy atom. The molecule has 1 unspecified atom stereocenters. The molecule has 0 saturated carbocycles. The second-order valence-electron chi connectivity index (χ2n) is 6.45. The number of hydrogen-bond donors (Lipinski definition) is 1. The first kappa shape index (κ1) is 19.7. The lowest BCUT2D eigenvalue weighted by Gasteiger charge is -2.22. The van der Waals surface area contributed by atoms with Crippen LogP contribution in [0.25, 0.3) is 0 Å². The van der Waals surface area contributed by atoms with Crippen LogP contribution in [0.5, 0.6) is 0 Å². The van der Waals surface area contributed by atoms with Crippen LogP contribution in [-0.4, -0.2) is 36.4 Å². The predicted molar refractivity (Wildman–Crippen MR) is 110 cm³/mol. The predicted octanol–water partition coefficient (Wildman–Crippen LogP) is 4.37. The zero-order valence-corrected chi connectivity index (χ0v) is 17.3. The minimum atomic E-state index is -0.0804. The van der Waals surface area contributed by atoms with Crippen molar-refractivity contribution in [3.05, 3.63) is 70.6 Å². The van der Waals surface area contributed by atoms with Gasteiger partial charge >= 0.3 is 0 Å². The van der Waals surface area contributed by atoms with Crippen molar-refractivity contribution < 1.29 is 9.21 Å². The second kappa shape index (κ2) is 9.21. The number of aromatic nitrogens is 1. The number of thioether (sulfide) groups is 1. The number of benzene rings is 1. The Bertz CT molecular complexity index is 858. The third kappa shape index (κ3) is 5.45. The van der Waals surface area contributed by atoms with Crippen molar-refractivity contribution in [2.24, 2.45) is 0 Å². The maximum absolute atomic E-state index is 12.5. The van der Waals surface area contributed by atoms with E-state index in [0.717, 1.165) is 21.5 Å². The van der Waals surface area contributed by atoms with E-state index in [2.05, 4.69) is 15.7 Å². The molecule has 1 aromatic carbocycles. The van der Waals surface area contributed by atoms with E-state index in [1.54, 1.807) is 29.4 Å². The molecule has 1 N–H and O–H groups in total. The van der Waals surface area contributed by atoms with Gasteiger partial charge in [-0.2, -0.15) is 0 Å². The number of likely N-dealkylation sites (N-methyl/N-ethyl adjacent to an activating group) is 1. The second-order valence-corrected chi connectivity index (χ2v) is 8.53. The van der Waals surface area contributed by atoms with Gasteiger partial charge in [-0.15, -0.1) is 11.3 Å². The third-order valence-electron chi connectivity index (χ3n) is 4.13. The first-order valence-electron chi connectivity index (χ1n) is 8.65. The maximum atomic E-state index is 12.5. The van der Waals surface area contributed by atoms with E-state index < -0.39 is 0 Å². The number of carbonyl (C=O) groups is 1. The van der Waals surface area contributed by atoms with Gasteiger partial charge in [0.25, 0.3) is 5.91 Å². The number of carbonyl (C=O) groups excluding carboxylic acids is 1. The molecule has 0 saturated heterocycles. The minimum Gasteiger partial charge on any atom is -0.468 e. The molecule has 5 nitrogen and oxygen atoms in total. The van der Waals surface area contributed by atoms with Crippen molar-refractivity contribution in [1.29, 1.82) is 0 Å². The highest BCUT2D eigenvalue weighted by Crippen LogP contribution is 2.26. The summed E-state index contributed by atoms with van der Waals surface area (Å²) in [5.74, 6) is 1.60. The lowest BCUT2D eigenvalue weighted by molar-refractivity contribution is 0.0939. The number of rotatable bonds is 8. The number of nitrogens with zero attached hydrogens (tertiary/aromatic N) is 2. The summed E-state index contributed by atoms with van der Waals surface area (Å²) in [5, 5.41) is 5.05. The number of furan rings is 1. The van der Waals surface area contributed by atoms with Gasteiger partial charge < -0.3 is 9.73 Å². The molecule has 0 aliphatic rings. The molecule has 2 heterocycles. The molecule has 27 heavy (non-hydrogen) atoms. The first-order valence-corrected chi connectivity index (χ1v) is 10.5. The molecule has 142 valence electrons. The van der Waals surface area contributed by atoms with Crippen LogP contribution in [0.15, 0.2) is 56.8 Å². The molecule has 0 aliphatic carbocycles. The normalized spacial score (nSPS) is 12.3. The number of thiazole rings is 1. The molecule has 7 heteroatoms. The zero-order chi connectivity index (χ0) is 19.2. The third-order valence-corrected chi connectivity index (χ3v) is 6.34. The van der Waals surface area contributed by atoms with Crippen LogP contribution in [0.3, 0.4) is 0 Å². The largest absolute Gasteiger partial charge is 0.468 e. The van der Waals surface area contributed by atoms with Gasteiger partial charge in [-0.05, 0) is 50.8 Å². The van der Waals surface area contributed by atoms with E-state index in [0.29, 0.717) is 12.1 Å². The monoisotopic (exact) mass is 401 g/mol. The van der Waals surface area contributed by atoms with Gasteiger partial charge in [-0.3, -0.25) is 9.69 Å². The van der Waals surface area contributed by atoms with Crippen LogP contribution in [-0.2, 0) is 5.75 Å². The highest BCUT2D eigenvalue weighted by Gasteiger charge is 2.18. The van der Waals surface area contributed by atoms with E-state index in [9.17, 15) is 4.79 Å². The van der Waals surface area contributed by atoms with Crippen LogP contribution < -0.4 is 5.32 Å². The Balaban J connectivity index is 1.53. The summed E-state index contributed by atoms with van der Waals surface area (Å²) in [5.41, 5.74) is 2.89. The van der Waals surface area contributed by atoms with Crippen LogP contribution in [0.2, 0.25) is 0 Å². The van der Waals surface area contributed by atoms with Crippen LogP contribution in [0.4, 0.5) is 0 Å². The summed E-state index contributed by atoms with van der Waals surface area (Å²) >= 11 is 3.38. The highest BCUT2D eigenvalue weighted by atomic mass is 32.2. The quantitative estimate of drug-likeness (QED) is 0.568. The topological polar surface area (TPSA) is 58.4 Å². The standard InChI is InChI=1S/C20H23N3O2S2/c1-14-12-26-20(22-14)27-13-15-6-8-16(9-7-15)19(24)21-11-17(23(2)3)18-5-4-10-25-18/h4-10,12,17H,11,13H2,1-3H3,(H,21,24). The van der Waals surface area contributed by atoms with Crippen LogP contribution in [0, 0.1) is 6.92 Å². The minimum absolute atomic E-state index is 0.00127. The van der Waals surface area contributed by atoms with Crippen molar-refractivity contribution in [1.82, 2.24) is 15.2 Å². The number of nitrogens with one attached hydrogen (secondary N) is 1. The fourth-order valence-electron chi connectivity index (χ4n) is 2.61. The van der Waals surface area contributed by atoms with E-state index in [1.165, 1.54) is 5.56 Å². The van der Waals surface area contributed by atoms with Gasteiger partial charge in [0.05, 0.1) is 12.3 Å². The first-order chi connectivity index (χ1) is 13.0. The van der Waals surface area contributed by atoms with Gasteiger partial charge in [-0.25, -0.2) is 4.98 Å². The fourth-order valence-corrected chi connectivity index (χ4v) is 4.41. The molecule has 0 radical (unpaired) electrons. The molecule has 1 amide bonds. The van der Waals surface area contributed by atoms with Crippen LogP contribution in [0.1, 0.15) is 33.4 Å². The van der Waals surface area contributed by atoms with E-state index in [-0.39, 0.29) is 11.9 Å². The zero-order valence-electron chi connectivity index (χ0n) is 15.6. The molecule has 0 spiro atoms. The summed E-state index contributed by atoms with van der Waals surface area (Å²) in [7, 11) is 3.94. The summed E-state index contributed by atoms with van der Waals surface area (Å²) in [6.07, 6.45) is 1.65. The molecule has 0 bridgehead atoms. The Labute approximate surface area is 167 Å². The Hall–Kier alpha value is -2.09. The molecule has 2 aromatic heterocycles. The Kier molecular flexibility index (Phi) is 6.71. The number of aryl methyl sites for hydroxylation is 1. The molecule has 3 aromatic rings. The smallest absolute Gasteiger partial charge is 0.251 e. The SMILES string of the molecule is Cc1csc(SCc2ccc(C(=O)NCC(c3ccco3)N(C)C)cc2)n1. The van der Waals surface area contributed by atoms with Crippen molar-refractivity contribution in [2.75, 3.05) is 20.6 Å². The number of amides is 1. The fraction of sp³-hybridized carbons (Fsp3) is 0.300. The van der Waals surface area contributed by atoms with Crippen molar-refractivity contribution in [3.8, 4) is 0 Å². The van der Waals surface area contributed by atoms with Gasteiger partial charge in [0.15, 0.2) is 0 Å². The summed E-state index contributed by atoms with van der Waals surface area (Å²) in [6.45, 7) is 2.49. The average molecular weight is 402 g/mol. The molecule has 3 rings (SSSR count). The van der Waals surface area contributed by atoms with E-state index in [1.807, 2.05) is 62.3 Å². The lowest BCUT2D eigenvalue weighted by Crippen LogP contribution is -2.34. The molecule has 1 atom stereocenters. The van der Waals surface area contributed by atoms with Crippen molar-refractivity contribution in [2.45, 2.75) is 23.1 Å². The van der Waals surface area contributed by atoms with Gasteiger partial charge in [0, 0.05) is 28.9 Å². The van der Waals surface area contributed by atoms with Gasteiger partial charge in [-0.1, -0.05) is 23.9 Å². The summed E-state index contributed by atoms with van der Waals surface area (Å²) < 4.78 is 6.55. The van der Waals surface area contributed by atoms with Crippen molar-refractivity contribution in [3.63, 3.8) is 0 Å². The molecular formula is C20H23N3O2S2. The van der Waals surface area contributed by atoms with Gasteiger partial charge in [0.2, 0.25) is 0 Å². The summed E-state index contributed by atoms with van der Waals surface area (Å²) in [4.78, 5) is 18.9. The van der Waals surface area contributed by atoms with E-state index in [4.69, 9.17) is 4.42 Å². The van der Waals surface area contributed by atoms with Gasteiger partial charge in [0.1, 0.15) is 10.1 Å². The maximum Gasteiger partial charge on any atom is 0.251 e. The average Bonchev–Trinajstić information content (AvgIpc) is 3.32. The number of hydrogen-bond acceptors (Lipinski definition) is 6.